The summed E-state index contributed by atoms with van der Waals surface area (Å²) in [4.78, 5) is 4.07. The van der Waals surface area contributed by atoms with E-state index >= 15 is 0 Å². The van der Waals surface area contributed by atoms with E-state index in [9.17, 15) is 0 Å². The van der Waals surface area contributed by atoms with Crippen LogP contribution >= 0.6 is 12.2 Å². The Hall–Kier alpha value is -1.80. The molecule has 112 valence electrons. The van der Waals surface area contributed by atoms with Crippen LogP contribution < -0.4 is 0 Å². The lowest BCUT2D eigenvalue weighted by Crippen LogP contribution is -2.34. The summed E-state index contributed by atoms with van der Waals surface area (Å²) in [5.41, 5.74) is 4.98. The molecule has 0 heterocycles. The van der Waals surface area contributed by atoms with Crippen LogP contribution in [0.5, 0.6) is 0 Å². The fraction of sp³-hybridized carbons (Fsp3) is 0.316. The molecule has 0 saturated heterocycles. The number of rotatable bonds is 5. The Labute approximate surface area is 136 Å². The molecule has 3 rings (SSSR count). The molecule has 2 nitrogen and oxygen atoms in total. The van der Waals surface area contributed by atoms with Gasteiger partial charge in [0.15, 0.2) is 0 Å². The average Bonchev–Trinajstić information content (AvgIpc) is 2.51. The van der Waals surface area contributed by atoms with E-state index in [-0.39, 0.29) is 0 Å². The molecule has 1 aliphatic rings. The zero-order chi connectivity index (χ0) is 15.4. The minimum atomic E-state index is 0.314. The van der Waals surface area contributed by atoms with E-state index in [0.29, 0.717) is 18.8 Å². The number of thiocarbonyl (C=S) groups is 1. The second-order valence-corrected chi connectivity index (χ2v) is 6.02. The molecule has 0 N–H and O–H groups in total. The van der Waals surface area contributed by atoms with Gasteiger partial charge in [-0.2, -0.15) is 0 Å². The Balaban J connectivity index is 1.54. The number of ether oxygens (including phenoxy) is 1. The van der Waals surface area contributed by atoms with Gasteiger partial charge in [-0.05, 0) is 48.7 Å². The van der Waals surface area contributed by atoms with Crippen molar-refractivity contribution in [3.63, 3.8) is 0 Å². The largest absolute Gasteiger partial charge is 0.373 e. The van der Waals surface area contributed by atoms with E-state index in [2.05, 4.69) is 77.8 Å². The van der Waals surface area contributed by atoms with Crippen LogP contribution in [0.3, 0.4) is 0 Å². The van der Waals surface area contributed by atoms with Crippen LogP contribution in [0.15, 0.2) is 53.5 Å². The molecular formula is C19H19NOS. The van der Waals surface area contributed by atoms with E-state index in [1.807, 2.05) is 0 Å². The first-order valence-corrected chi connectivity index (χ1v) is 8.00. The molecule has 1 aliphatic carbocycles. The van der Waals surface area contributed by atoms with Crippen LogP contribution in [0.2, 0.25) is 0 Å². The standard InChI is InChI=1S/C19H19NOS/c1-14-2-6-16(7-3-14)17-8-4-15(5-9-17)12-21-19-10-18(11-19)20-13-22/h2-9,18-19H,10-12H2,1H3/t18-,19+. The van der Waals surface area contributed by atoms with Crippen LogP contribution in [-0.4, -0.2) is 17.3 Å². The molecule has 0 aromatic heterocycles. The highest BCUT2D eigenvalue weighted by Crippen LogP contribution is 2.27. The molecule has 1 saturated carbocycles. The van der Waals surface area contributed by atoms with Crippen molar-refractivity contribution in [3.05, 3.63) is 59.7 Å². The SMILES string of the molecule is Cc1ccc(-c2ccc(CO[C@H]3C[C@@H](N=C=S)C3)cc2)cc1. The highest BCUT2D eigenvalue weighted by Gasteiger charge is 2.29. The normalized spacial score (nSPS) is 20.0. The van der Waals surface area contributed by atoms with Gasteiger partial charge in [-0.15, -0.1) is 0 Å². The van der Waals surface area contributed by atoms with Gasteiger partial charge < -0.3 is 4.74 Å². The molecule has 0 spiro atoms. The third kappa shape index (κ3) is 3.69. The lowest BCUT2D eigenvalue weighted by Gasteiger charge is -2.31. The summed E-state index contributed by atoms with van der Waals surface area (Å²) in [6, 6.07) is 17.5. The molecule has 2 aromatic rings. The Morgan fingerprint density at radius 2 is 1.64 bits per heavy atom. The maximum Gasteiger partial charge on any atom is 0.0720 e. The molecular weight excluding hydrogens is 290 g/mol. The quantitative estimate of drug-likeness (QED) is 0.584. The summed E-state index contributed by atoms with van der Waals surface area (Å²) in [6.07, 6.45) is 2.24. The minimum Gasteiger partial charge on any atom is -0.373 e. The fourth-order valence-corrected chi connectivity index (χ4v) is 2.76. The summed E-state index contributed by atoms with van der Waals surface area (Å²) < 4.78 is 5.88. The first kappa shape index (κ1) is 15.1. The van der Waals surface area contributed by atoms with Gasteiger partial charge in [0.05, 0.1) is 23.9 Å². The minimum absolute atomic E-state index is 0.314. The maximum absolute atomic E-state index is 5.88. The van der Waals surface area contributed by atoms with E-state index in [0.717, 1.165) is 12.8 Å². The van der Waals surface area contributed by atoms with Gasteiger partial charge in [-0.25, -0.2) is 4.99 Å². The molecule has 0 aliphatic heterocycles. The Morgan fingerprint density at radius 3 is 2.23 bits per heavy atom. The van der Waals surface area contributed by atoms with Crippen molar-refractivity contribution in [2.45, 2.75) is 38.5 Å². The van der Waals surface area contributed by atoms with E-state index in [4.69, 9.17) is 4.74 Å². The van der Waals surface area contributed by atoms with Gasteiger partial charge >= 0.3 is 0 Å². The van der Waals surface area contributed by atoms with Gasteiger partial charge in [-0.3, -0.25) is 0 Å². The van der Waals surface area contributed by atoms with Crippen LogP contribution in [0, 0.1) is 6.92 Å². The predicted octanol–water partition coefficient (Wildman–Crippen LogP) is 4.81. The molecule has 0 atom stereocenters. The second-order valence-electron chi connectivity index (χ2n) is 5.84. The van der Waals surface area contributed by atoms with E-state index in [1.54, 1.807) is 0 Å². The van der Waals surface area contributed by atoms with Crippen molar-refractivity contribution in [1.82, 2.24) is 0 Å². The van der Waals surface area contributed by atoms with Crippen molar-refractivity contribution in [2.75, 3.05) is 0 Å². The summed E-state index contributed by atoms with van der Waals surface area (Å²) in [5, 5.41) is 2.44. The van der Waals surface area contributed by atoms with Gasteiger partial charge in [0, 0.05) is 0 Å². The van der Waals surface area contributed by atoms with Crippen molar-refractivity contribution >= 4 is 17.4 Å². The summed E-state index contributed by atoms with van der Waals surface area (Å²) in [6.45, 7) is 2.76. The number of aryl methyl sites for hydroxylation is 1. The number of aliphatic imine (C=N–C) groups is 1. The Kier molecular flexibility index (Phi) is 4.79. The van der Waals surface area contributed by atoms with Crippen LogP contribution in [-0.2, 0) is 11.3 Å². The molecule has 1 fully saturated rings. The maximum atomic E-state index is 5.88. The molecule has 0 bridgehead atoms. The molecule has 3 heteroatoms. The lowest BCUT2D eigenvalue weighted by atomic mass is 9.90. The van der Waals surface area contributed by atoms with Crippen LogP contribution in [0.25, 0.3) is 11.1 Å². The third-order valence-corrected chi connectivity index (χ3v) is 4.24. The topological polar surface area (TPSA) is 21.6 Å². The highest BCUT2D eigenvalue weighted by atomic mass is 32.1. The van der Waals surface area contributed by atoms with Gasteiger partial charge in [-0.1, -0.05) is 54.1 Å². The summed E-state index contributed by atoms with van der Waals surface area (Å²) in [5.74, 6) is 0. The predicted molar refractivity (Wildman–Crippen MR) is 93.2 cm³/mol. The van der Waals surface area contributed by atoms with E-state index in [1.165, 1.54) is 22.3 Å². The van der Waals surface area contributed by atoms with Gasteiger partial charge in [0.25, 0.3) is 0 Å². The molecule has 2 aromatic carbocycles. The van der Waals surface area contributed by atoms with Gasteiger partial charge in [0.1, 0.15) is 0 Å². The smallest absolute Gasteiger partial charge is 0.0720 e. The first-order valence-electron chi connectivity index (χ1n) is 7.59. The first-order chi connectivity index (χ1) is 10.7. The van der Waals surface area contributed by atoms with Crippen LogP contribution in [0.1, 0.15) is 24.0 Å². The fourth-order valence-electron chi connectivity index (χ4n) is 2.61. The molecule has 0 unspecified atom stereocenters. The zero-order valence-electron chi connectivity index (χ0n) is 12.7. The zero-order valence-corrected chi connectivity index (χ0v) is 13.5. The lowest BCUT2D eigenvalue weighted by molar-refractivity contribution is -0.0182. The Bertz CT molecular complexity index is 666. The molecule has 0 radical (unpaired) electrons. The number of hydrogen-bond acceptors (Lipinski definition) is 3. The monoisotopic (exact) mass is 309 g/mol. The summed E-state index contributed by atoms with van der Waals surface area (Å²) >= 11 is 4.61. The number of isothiocyanates is 1. The van der Waals surface area contributed by atoms with Crippen molar-refractivity contribution in [3.8, 4) is 11.1 Å². The third-order valence-electron chi connectivity index (χ3n) is 4.13. The Morgan fingerprint density at radius 1 is 1.05 bits per heavy atom. The molecule has 0 amide bonds. The number of hydrogen-bond donors (Lipinski definition) is 0. The van der Waals surface area contributed by atoms with Crippen LogP contribution in [0.4, 0.5) is 0 Å². The number of benzene rings is 2. The number of nitrogens with zero attached hydrogens (tertiary/aromatic N) is 1. The average molecular weight is 309 g/mol. The second kappa shape index (κ2) is 6.97. The highest BCUT2D eigenvalue weighted by molar-refractivity contribution is 7.78. The summed E-state index contributed by atoms with van der Waals surface area (Å²) in [7, 11) is 0. The molecule has 22 heavy (non-hydrogen) atoms. The van der Waals surface area contributed by atoms with Crippen molar-refractivity contribution in [2.24, 2.45) is 4.99 Å². The van der Waals surface area contributed by atoms with Gasteiger partial charge in [0.2, 0.25) is 0 Å². The van der Waals surface area contributed by atoms with Crippen molar-refractivity contribution < 1.29 is 4.74 Å². The van der Waals surface area contributed by atoms with E-state index < -0.39 is 0 Å². The van der Waals surface area contributed by atoms with Crippen molar-refractivity contribution in [1.29, 1.82) is 0 Å².